The van der Waals surface area contributed by atoms with Gasteiger partial charge >= 0.3 is 0 Å². The van der Waals surface area contributed by atoms with Crippen LogP contribution in [0.5, 0.6) is 0 Å². The van der Waals surface area contributed by atoms with Crippen molar-refractivity contribution < 1.29 is 0 Å². The summed E-state index contributed by atoms with van der Waals surface area (Å²) in [7, 11) is 0. The summed E-state index contributed by atoms with van der Waals surface area (Å²) >= 11 is 1.87. The van der Waals surface area contributed by atoms with Gasteiger partial charge in [-0.2, -0.15) is 0 Å². The molecule has 1 aromatic rings. The molecule has 0 spiro atoms. The SMILES string of the molecule is CC(C)CNCc1cnc(CCN2CCC(C)CC2)s1. The van der Waals surface area contributed by atoms with Crippen LogP contribution >= 0.6 is 11.3 Å². The molecule has 114 valence electrons. The number of nitrogens with one attached hydrogen (secondary N) is 1. The highest BCUT2D eigenvalue weighted by Gasteiger charge is 2.15. The first-order valence-corrected chi connectivity index (χ1v) is 8.81. The van der Waals surface area contributed by atoms with Crippen LogP contribution in [0.1, 0.15) is 43.5 Å². The predicted molar refractivity (Wildman–Crippen MR) is 87.2 cm³/mol. The minimum absolute atomic E-state index is 0.712. The van der Waals surface area contributed by atoms with Crippen LogP contribution in [0.15, 0.2) is 6.20 Å². The second-order valence-corrected chi connectivity index (χ2v) is 7.72. The molecule has 1 N–H and O–H groups in total. The molecule has 0 atom stereocenters. The largest absolute Gasteiger partial charge is 0.312 e. The maximum atomic E-state index is 4.57. The molecule has 3 nitrogen and oxygen atoms in total. The van der Waals surface area contributed by atoms with E-state index in [0.717, 1.165) is 25.4 Å². The molecule has 1 saturated heterocycles. The number of hydrogen-bond donors (Lipinski definition) is 1. The third-order valence-electron chi connectivity index (χ3n) is 3.97. The van der Waals surface area contributed by atoms with Crippen LogP contribution in [0.3, 0.4) is 0 Å². The normalized spacial score (nSPS) is 18.0. The Morgan fingerprint density at radius 1 is 1.40 bits per heavy atom. The molecule has 4 heteroatoms. The highest BCUT2D eigenvalue weighted by Crippen LogP contribution is 2.18. The molecule has 1 aliphatic rings. The average molecular weight is 295 g/mol. The van der Waals surface area contributed by atoms with E-state index in [9.17, 15) is 0 Å². The van der Waals surface area contributed by atoms with Gasteiger partial charge in [0.05, 0.1) is 5.01 Å². The Morgan fingerprint density at radius 3 is 2.85 bits per heavy atom. The lowest BCUT2D eigenvalue weighted by molar-refractivity contribution is 0.194. The Kier molecular flexibility index (Phi) is 6.46. The van der Waals surface area contributed by atoms with Crippen molar-refractivity contribution in [2.24, 2.45) is 11.8 Å². The summed E-state index contributed by atoms with van der Waals surface area (Å²) < 4.78 is 0. The molecular weight excluding hydrogens is 266 g/mol. The molecule has 0 amide bonds. The molecule has 2 heterocycles. The Labute approximate surface area is 127 Å². The van der Waals surface area contributed by atoms with Crippen molar-refractivity contribution in [3.8, 4) is 0 Å². The van der Waals surface area contributed by atoms with E-state index in [-0.39, 0.29) is 0 Å². The monoisotopic (exact) mass is 295 g/mol. The molecule has 0 aromatic carbocycles. The van der Waals surface area contributed by atoms with Gasteiger partial charge in [-0.15, -0.1) is 11.3 Å². The first-order chi connectivity index (χ1) is 9.63. The Morgan fingerprint density at radius 2 is 2.15 bits per heavy atom. The fraction of sp³-hybridized carbons (Fsp3) is 0.812. The van der Waals surface area contributed by atoms with Gasteiger partial charge in [0.15, 0.2) is 0 Å². The van der Waals surface area contributed by atoms with Crippen LogP contribution in [0.25, 0.3) is 0 Å². The lowest BCUT2D eigenvalue weighted by atomic mass is 9.99. The van der Waals surface area contributed by atoms with Gasteiger partial charge < -0.3 is 10.2 Å². The van der Waals surface area contributed by atoms with E-state index in [1.165, 1.54) is 42.4 Å². The van der Waals surface area contributed by atoms with Crippen molar-refractivity contribution in [2.45, 2.75) is 46.6 Å². The summed E-state index contributed by atoms with van der Waals surface area (Å²) in [5.74, 6) is 1.63. The third kappa shape index (κ3) is 5.51. The smallest absolute Gasteiger partial charge is 0.0940 e. The zero-order valence-corrected chi connectivity index (χ0v) is 14.0. The van der Waals surface area contributed by atoms with E-state index in [4.69, 9.17) is 0 Å². The number of rotatable bonds is 7. The van der Waals surface area contributed by atoms with Crippen LogP contribution in [0, 0.1) is 11.8 Å². The number of aromatic nitrogens is 1. The molecule has 0 unspecified atom stereocenters. The quantitative estimate of drug-likeness (QED) is 0.837. The Hall–Kier alpha value is -0.450. The van der Waals surface area contributed by atoms with Crippen molar-refractivity contribution in [3.63, 3.8) is 0 Å². The van der Waals surface area contributed by atoms with Gasteiger partial charge in [-0.3, -0.25) is 0 Å². The average Bonchev–Trinajstić information content (AvgIpc) is 2.86. The first-order valence-electron chi connectivity index (χ1n) is 8.00. The van der Waals surface area contributed by atoms with Crippen LogP contribution in [-0.4, -0.2) is 36.1 Å². The van der Waals surface area contributed by atoms with Gasteiger partial charge in [0.2, 0.25) is 0 Å². The number of piperidine rings is 1. The summed E-state index contributed by atoms with van der Waals surface area (Å²) in [6, 6.07) is 0. The molecule has 1 aromatic heterocycles. The highest BCUT2D eigenvalue weighted by molar-refractivity contribution is 7.11. The molecule has 0 radical (unpaired) electrons. The zero-order valence-electron chi connectivity index (χ0n) is 13.2. The maximum Gasteiger partial charge on any atom is 0.0940 e. The summed E-state index contributed by atoms with van der Waals surface area (Å²) in [5.41, 5.74) is 0. The van der Waals surface area contributed by atoms with Gasteiger partial charge in [-0.1, -0.05) is 20.8 Å². The van der Waals surface area contributed by atoms with Crippen molar-refractivity contribution >= 4 is 11.3 Å². The molecule has 0 bridgehead atoms. The van der Waals surface area contributed by atoms with Crippen molar-refractivity contribution in [1.82, 2.24) is 15.2 Å². The fourth-order valence-electron chi connectivity index (χ4n) is 2.57. The van der Waals surface area contributed by atoms with E-state index in [0.29, 0.717) is 5.92 Å². The van der Waals surface area contributed by atoms with Gasteiger partial charge in [0.25, 0.3) is 0 Å². The van der Waals surface area contributed by atoms with Crippen molar-refractivity contribution in [1.29, 1.82) is 0 Å². The summed E-state index contributed by atoms with van der Waals surface area (Å²) in [4.78, 5) is 8.53. The Bertz CT molecular complexity index is 381. The maximum absolute atomic E-state index is 4.57. The van der Waals surface area contributed by atoms with Crippen LogP contribution in [0.4, 0.5) is 0 Å². The molecule has 1 fully saturated rings. The lowest BCUT2D eigenvalue weighted by Gasteiger charge is -2.29. The summed E-state index contributed by atoms with van der Waals surface area (Å²) in [6.45, 7) is 12.6. The minimum atomic E-state index is 0.712. The van der Waals surface area contributed by atoms with Crippen molar-refractivity contribution in [3.05, 3.63) is 16.1 Å². The number of nitrogens with zero attached hydrogens (tertiary/aromatic N) is 2. The van der Waals surface area contributed by atoms with Crippen LogP contribution < -0.4 is 5.32 Å². The summed E-state index contributed by atoms with van der Waals surface area (Å²) in [6.07, 6.45) is 5.89. The second kappa shape index (κ2) is 8.11. The second-order valence-electron chi connectivity index (χ2n) is 6.52. The van der Waals surface area contributed by atoms with E-state index < -0.39 is 0 Å². The molecule has 0 aliphatic carbocycles. The molecule has 0 saturated carbocycles. The molecule has 20 heavy (non-hydrogen) atoms. The fourth-order valence-corrected chi connectivity index (χ4v) is 3.45. The van der Waals surface area contributed by atoms with Crippen LogP contribution in [0.2, 0.25) is 0 Å². The minimum Gasteiger partial charge on any atom is -0.312 e. The van der Waals surface area contributed by atoms with Crippen LogP contribution in [-0.2, 0) is 13.0 Å². The zero-order chi connectivity index (χ0) is 14.4. The molecule has 2 rings (SSSR count). The number of thiazole rings is 1. The first kappa shape index (κ1) is 15.9. The molecular formula is C16H29N3S. The summed E-state index contributed by atoms with van der Waals surface area (Å²) in [5, 5.41) is 4.78. The van der Waals surface area contributed by atoms with Gasteiger partial charge in [-0.25, -0.2) is 4.98 Å². The van der Waals surface area contributed by atoms with E-state index in [2.05, 4.69) is 36.0 Å². The lowest BCUT2D eigenvalue weighted by Crippen LogP contribution is -2.34. The van der Waals surface area contributed by atoms with Gasteiger partial charge in [-0.05, 0) is 44.3 Å². The standard InChI is InChI=1S/C16H29N3S/c1-13(2)10-17-11-15-12-18-16(20-15)6-9-19-7-4-14(3)5-8-19/h12-14,17H,4-11H2,1-3H3. The number of likely N-dealkylation sites (tertiary alicyclic amines) is 1. The van der Waals surface area contributed by atoms with E-state index in [1.807, 2.05) is 17.5 Å². The van der Waals surface area contributed by atoms with Gasteiger partial charge in [0, 0.05) is 30.6 Å². The highest BCUT2D eigenvalue weighted by atomic mass is 32.1. The topological polar surface area (TPSA) is 28.2 Å². The predicted octanol–water partition coefficient (Wildman–Crippen LogP) is 3.16. The van der Waals surface area contributed by atoms with Crippen molar-refractivity contribution in [2.75, 3.05) is 26.2 Å². The van der Waals surface area contributed by atoms with E-state index in [1.54, 1.807) is 0 Å². The Balaban J connectivity index is 1.67. The molecule has 1 aliphatic heterocycles. The van der Waals surface area contributed by atoms with Gasteiger partial charge in [0.1, 0.15) is 0 Å². The van der Waals surface area contributed by atoms with E-state index >= 15 is 0 Å². The third-order valence-corrected chi connectivity index (χ3v) is 5.03. The number of hydrogen-bond acceptors (Lipinski definition) is 4.